The third kappa shape index (κ3) is 3.44. The first-order valence-corrected chi connectivity index (χ1v) is 5.31. The van der Waals surface area contributed by atoms with E-state index in [4.69, 9.17) is 11.5 Å². The smallest absolute Gasteiger partial charge is 0.0966 e. The van der Waals surface area contributed by atoms with Gasteiger partial charge >= 0.3 is 0 Å². The Kier molecular flexibility index (Phi) is 5.36. The molecule has 0 rings (SSSR count). The van der Waals surface area contributed by atoms with Crippen molar-refractivity contribution >= 4 is 0 Å². The zero-order chi connectivity index (χ0) is 11.3. The predicted octanol–water partition coefficient (Wildman–Crippen LogP) is 2.91. The van der Waals surface area contributed by atoms with Crippen molar-refractivity contribution in [2.75, 3.05) is 0 Å². The topological polar surface area (TPSA) is 52.0 Å². The summed E-state index contributed by atoms with van der Waals surface area (Å²) in [4.78, 5) is 0. The van der Waals surface area contributed by atoms with Crippen molar-refractivity contribution in [3.05, 3.63) is 22.5 Å². The third-order valence-electron chi connectivity index (χ3n) is 3.05. The van der Waals surface area contributed by atoms with E-state index in [0.29, 0.717) is 11.7 Å². The molecular weight excluding hydrogens is 172 g/mol. The molecule has 0 radical (unpaired) electrons. The fourth-order valence-corrected chi connectivity index (χ4v) is 1.53. The van der Waals surface area contributed by atoms with Gasteiger partial charge in [-0.15, -0.1) is 0 Å². The number of rotatable bonds is 4. The minimum absolute atomic E-state index is 0.436. The van der Waals surface area contributed by atoms with Crippen molar-refractivity contribution in [3.8, 4) is 0 Å². The van der Waals surface area contributed by atoms with Crippen molar-refractivity contribution in [1.82, 2.24) is 0 Å². The molecule has 0 aromatic rings. The monoisotopic (exact) mass is 196 g/mol. The molecule has 2 heteroatoms. The van der Waals surface area contributed by atoms with Crippen LogP contribution in [0.2, 0.25) is 0 Å². The highest BCUT2D eigenvalue weighted by atomic mass is 14.8. The molecule has 0 saturated carbocycles. The van der Waals surface area contributed by atoms with Crippen LogP contribution in [-0.4, -0.2) is 0 Å². The van der Waals surface area contributed by atoms with Crippen LogP contribution in [0.1, 0.15) is 47.5 Å². The Balaban J connectivity index is 4.84. The van der Waals surface area contributed by atoms with Crippen molar-refractivity contribution in [2.24, 2.45) is 17.4 Å². The van der Waals surface area contributed by atoms with Crippen LogP contribution in [0.15, 0.2) is 22.5 Å². The summed E-state index contributed by atoms with van der Waals surface area (Å²) in [5, 5.41) is 0. The summed E-state index contributed by atoms with van der Waals surface area (Å²) in [5.41, 5.74) is 14.8. The quantitative estimate of drug-likeness (QED) is 0.679. The second kappa shape index (κ2) is 5.74. The van der Waals surface area contributed by atoms with Crippen LogP contribution in [0, 0.1) is 5.92 Å². The molecule has 0 aliphatic rings. The van der Waals surface area contributed by atoms with E-state index >= 15 is 0 Å². The zero-order valence-electron chi connectivity index (χ0n) is 10.1. The molecule has 2 nitrogen and oxygen atoms in total. The SMILES string of the molecule is CCCC(C)C(C)=C(C)C(C)=C(N)N. The molecule has 0 aromatic heterocycles. The molecule has 0 aliphatic carbocycles. The molecule has 0 fully saturated rings. The lowest BCUT2D eigenvalue weighted by molar-refractivity contribution is 0.597. The molecule has 1 atom stereocenters. The lowest BCUT2D eigenvalue weighted by atomic mass is 9.91. The molecule has 0 amide bonds. The van der Waals surface area contributed by atoms with Gasteiger partial charge in [-0.05, 0) is 44.3 Å². The van der Waals surface area contributed by atoms with Gasteiger partial charge in [-0.1, -0.05) is 25.8 Å². The maximum atomic E-state index is 5.57. The molecule has 0 aliphatic heterocycles. The van der Waals surface area contributed by atoms with Crippen molar-refractivity contribution in [2.45, 2.75) is 47.5 Å². The number of allylic oxidation sites excluding steroid dienone is 3. The van der Waals surface area contributed by atoms with E-state index in [2.05, 4.69) is 27.7 Å². The molecule has 0 saturated heterocycles. The zero-order valence-corrected chi connectivity index (χ0v) is 10.1. The van der Waals surface area contributed by atoms with Crippen molar-refractivity contribution in [3.63, 3.8) is 0 Å². The summed E-state index contributed by atoms with van der Waals surface area (Å²) >= 11 is 0. The summed E-state index contributed by atoms with van der Waals surface area (Å²) < 4.78 is 0. The largest absolute Gasteiger partial charge is 0.385 e. The Morgan fingerprint density at radius 2 is 1.57 bits per heavy atom. The van der Waals surface area contributed by atoms with Gasteiger partial charge in [-0.25, -0.2) is 0 Å². The highest BCUT2D eigenvalue weighted by Gasteiger charge is 2.08. The van der Waals surface area contributed by atoms with Crippen LogP contribution < -0.4 is 11.5 Å². The van der Waals surface area contributed by atoms with Crippen molar-refractivity contribution in [1.29, 1.82) is 0 Å². The second-order valence-electron chi connectivity index (χ2n) is 4.08. The maximum absolute atomic E-state index is 5.57. The van der Waals surface area contributed by atoms with Crippen LogP contribution in [0.3, 0.4) is 0 Å². The first-order chi connectivity index (χ1) is 6.41. The summed E-state index contributed by atoms with van der Waals surface area (Å²) in [6.45, 7) is 10.7. The summed E-state index contributed by atoms with van der Waals surface area (Å²) in [5.74, 6) is 1.06. The van der Waals surface area contributed by atoms with E-state index < -0.39 is 0 Å². The summed E-state index contributed by atoms with van der Waals surface area (Å²) in [6, 6.07) is 0. The maximum Gasteiger partial charge on any atom is 0.0966 e. The van der Waals surface area contributed by atoms with Gasteiger partial charge in [0.1, 0.15) is 0 Å². The van der Waals surface area contributed by atoms with Crippen LogP contribution in [-0.2, 0) is 0 Å². The second-order valence-corrected chi connectivity index (χ2v) is 4.08. The molecule has 4 N–H and O–H groups in total. The average Bonchev–Trinajstić information content (AvgIpc) is 2.14. The summed E-state index contributed by atoms with van der Waals surface area (Å²) in [6.07, 6.45) is 2.44. The van der Waals surface area contributed by atoms with Crippen LogP contribution in [0.5, 0.6) is 0 Å². The first kappa shape index (κ1) is 13.1. The molecule has 1 unspecified atom stereocenters. The number of hydrogen-bond donors (Lipinski definition) is 2. The Bertz CT molecular complexity index is 245. The van der Waals surface area contributed by atoms with Crippen LogP contribution >= 0.6 is 0 Å². The van der Waals surface area contributed by atoms with Gasteiger partial charge in [0.25, 0.3) is 0 Å². The highest BCUT2D eigenvalue weighted by Crippen LogP contribution is 2.23. The minimum Gasteiger partial charge on any atom is -0.385 e. The molecule has 0 aromatic carbocycles. The highest BCUT2D eigenvalue weighted by molar-refractivity contribution is 5.34. The van der Waals surface area contributed by atoms with E-state index in [0.717, 1.165) is 5.57 Å². The molecule has 14 heavy (non-hydrogen) atoms. The van der Waals surface area contributed by atoms with Gasteiger partial charge in [0.2, 0.25) is 0 Å². The lowest BCUT2D eigenvalue weighted by Crippen LogP contribution is -2.12. The Morgan fingerprint density at radius 3 is 1.93 bits per heavy atom. The van der Waals surface area contributed by atoms with E-state index in [1.165, 1.54) is 24.0 Å². The minimum atomic E-state index is 0.436. The van der Waals surface area contributed by atoms with E-state index in [-0.39, 0.29) is 0 Å². The standard InChI is InChI=1S/C12H24N2/c1-6-7-8(2)9(3)10(4)11(5)12(13)14/h8H,6-7,13-14H2,1-5H3. The summed E-state index contributed by atoms with van der Waals surface area (Å²) in [7, 11) is 0. The van der Waals surface area contributed by atoms with Gasteiger partial charge in [-0.3, -0.25) is 0 Å². The van der Waals surface area contributed by atoms with Gasteiger partial charge in [-0.2, -0.15) is 0 Å². The average molecular weight is 196 g/mol. The van der Waals surface area contributed by atoms with Gasteiger partial charge < -0.3 is 11.5 Å². The molecule has 0 heterocycles. The van der Waals surface area contributed by atoms with Gasteiger partial charge in [0, 0.05) is 0 Å². The number of hydrogen-bond acceptors (Lipinski definition) is 2. The fraction of sp³-hybridized carbons (Fsp3) is 0.667. The molecule has 0 bridgehead atoms. The van der Waals surface area contributed by atoms with E-state index in [9.17, 15) is 0 Å². The van der Waals surface area contributed by atoms with Gasteiger partial charge in [0.15, 0.2) is 0 Å². The van der Waals surface area contributed by atoms with Crippen molar-refractivity contribution < 1.29 is 0 Å². The van der Waals surface area contributed by atoms with Crippen LogP contribution in [0.25, 0.3) is 0 Å². The lowest BCUT2D eigenvalue weighted by Gasteiger charge is -2.16. The molecule has 82 valence electrons. The molecular formula is C12H24N2. The molecule has 0 spiro atoms. The first-order valence-electron chi connectivity index (χ1n) is 5.31. The van der Waals surface area contributed by atoms with E-state index in [1.54, 1.807) is 0 Å². The van der Waals surface area contributed by atoms with Crippen LogP contribution in [0.4, 0.5) is 0 Å². The Hall–Kier alpha value is -0.920. The number of nitrogens with two attached hydrogens (primary N) is 2. The Labute approximate surface area is 88.1 Å². The van der Waals surface area contributed by atoms with Gasteiger partial charge in [0.05, 0.1) is 5.82 Å². The third-order valence-corrected chi connectivity index (χ3v) is 3.05. The predicted molar refractivity (Wildman–Crippen MR) is 63.5 cm³/mol. The normalized spacial score (nSPS) is 14.6. The van der Waals surface area contributed by atoms with E-state index in [1.807, 2.05) is 6.92 Å². The fourth-order valence-electron chi connectivity index (χ4n) is 1.53. The Morgan fingerprint density at radius 1 is 1.07 bits per heavy atom.